The van der Waals surface area contributed by atoms with Crippen LogP contribution in [0.3, 0.4) is 0 Å². The van der Waals surface area contributed by atoms with Gasteiger partial charge in [0.25, 0.3) is 0 Å². The van der Waals surface area contributed by atoms with Crippen LogP contribution >= 0.6 is 0 Å². The van der Waals surface area contributed by atoms with Gasteiger partial charge in [-0.15, -0.1) is 0 Å². The van der Waals surface area contributed by atoms with E-state index >= 15 is 0 Å². The van der Waals surface area contributed by atoms with Gasteiger partial charge in [0.15, 0.2) is 0 Å². The van der Waals surface area contributed by atoms with Crippen LogP contribution in [-0.4, -0.2) is 29.8 Å². The molecule has 0 heterocycles. The maximum atomic E-state index is 13.0. The molecule has 6 heteroatoms. The average molecular weight is 418 g/mol. The highest BCUT2D eigenvalue weighted by Crippen LogP contribution is 2.13. The van der Waals surface area contributed by atoms with Crippen molar-refractivity contribution in [2.75, 3.05) is 6.61 Å². The molecule has 2 unspecified atom stereocenters. The highest BCUT2D eigenvalue weighted by molar-refractivity contribution is 5.86. The van der Waals surface area contributed by atoms with Crippen LogP contribution in [0, 0.1) is 0 Å². The third kappa shape index (κ3) is 6.97. The van der Waals surface area contributed by atoms with E-state index in [4.69, 9.17) is 4.74 Å². The molecule has 6 nitrogen and oxygen atoms in total. The summed E-state index contributed by atoms with van der Waals surface area (Å²) in [6.45, 7) is -0.151. The van der Waals surface area contributed by atoms with Gasteiger partial charge in [-0.05, 0) is 16.7 Å². The Labute approximate surface area is 181 Å². The second kappa shape index (κ2) is 11.5. The van der Waals surface area contributed by atoms with Crippen LogP contribution in [0.4, 0.5) is 4.79 Å². The summed E-state index contributed by atoms with van der Waals surface area (Å²) in [6, 6.07) is 26.5. The van der Waals surface area contributed by atoms with Gasteiger partial charge in [-0.2, -0.15) is 0 Å². The van der Waals surface area contributed by atoms with E-state index in [2.05, 4.69) is 10.6 Å². The molecule has 0 aliphatic heterocycles. The lowest BCUT2D eigenvalue weighted by atomic mass is 10.0. The van der Waals surface area contributed by atoms with Gasteiger partial charge < -0.3 is 20.5 Å². The molecule has 3 rings (SSSR count). The molecule has 0 radical (unpaired) electrons. The van der Waals surface area contributed by atoms with Gasteiger partial charge in [-0.25, -0.2) is 4.79 Å². The number of alkyl carbamates (subject to hydrolysis) is 1. The molecule has 0 aliphatic carbocycles. The molecule has 0 aliphatic rings. The Morgan fingerprint density at radius 1 is 0.774 bits per heavy atom. The first-order chi connectivity index (χ1) is 15.2. The monoisotopic (exact) mass is 418 g/mol. The van der Waals surface area contributed by atoms with E-state index in [1.165, 1.54) is 0 Å². The van der Waals surface area contributed by atoms with E-state index in [0.29, 0.717) is 6.42 Å². The molecule has 0 bridgehead atoms. The molecule has 31 heavy (non-hydrogen) atoms. The van der Waals surface area contributed by atoms with Crippen LogP contribution in [0.2, 0.25) is 0 Å². The Morgan fingerprint density at radius 2 is 1.32 bits per heavy atom. The molecular formula is C25H26N2O4. The second-order valence-electron chi connectivity index (χ2n) is 7.10. The molecule has 3 aromatic rings. The molecule has 160 valence electrons. The summed E-state index contributed by atoms with van der Waals surface area (Å²) in [6.07, 6.45) is -0.389. The molecular weight excluding hydrogens is 392 g/mol. The molecule has 0 fully saturated rings. The number of hydrogen-bond donors (Lipinski definition) is 3. The maximum Gasteiger partial charge on any atom is 0.408 e. The van der Waals surface area contributed by atoms with E-state index in [9.17, 15) is 14.7 Å². The van der Waals surface area contributed by atoms with Crippen molar-refractivity contribution >= 4 is 12.0 Å². The number of ether oxygens (including phenoxy) is 1. The highest BCUT2D eigenvalue weighted by atomic mass is 16.5. The molecule has 2 amide bonds. The zero-order valence-corrected chi connectivity index (χ0v) is 17.1. The van der Waals surface area contributed by atoms with Crippen molar-refractivity contribution in [3.8, 4) is 0 Å². The Bertz CT molecular complexity index is 949. The van der Waals surface area contributed by atoms with Gasteiger partial charge in [0, 0.05) is 6.42 Å². The van der Waals surface area contributed by atoms with E-state index in [-0.39, 0.29) is 13.2 Å². The molecule has 2 atom stereocenters. The summed E-state index contributed by atoms with van der Waals surface area (Å²) in [5.74, 6) is -0.400. The summed E-state index contributed by atoms with van der Waals surface area (Å²) >= 11 is 0. The van der Waals surface area contributed by atoms with Crippen LogP contribution in [0.5, 0.6) is 0 Å². The molecule has 0 aromatic heterocycles. The minimum absolute atomic E-state index is 0.107. The van der Waals surface area contributed by atoms with Crippen LogP contribution in [-0.2, 0) is 22.6 Å². The molecule has 0 spiro atoms. The number of rotatable bonds is 9. The lowest BCUT2D eigenvalue weighted by Gasteiger charge is -2.22. The lowest BCUT2D eigenvalue weighted by molar-refractivity contribution is -0.124. The van der Waals surface area contributed by atoms with Crippen molar-refractivity contribution in [3.05, 3.63) is 108 Å². The minimum atomic E-state index is -0.858. The van der Waals surface area contributed by atoms with Gasteiger partial charge in [0.1, 0.15) is 12.6 Å². The number of nitrogens with one attached hydrogen (secondary N) is 2. The quantitative estimate of drug-likeness (QED) is 0.497. The Balaban J connectivity index is 1.67. The normalized spacial score (nSPS) is 12.4. The SMILES string of the molecule is O=C(NC(Cc1ccccc1)C(=O)NC(CO)c1ccccc1)OCc1ccccc1. The molecule has 0 saturated heterocycles. The highest BCUT2D eigenvalue weighted by Gasteiger charge is 2.24. The fourth-order valence-electron chi connectivity index (χ4n) is 3.16. The summed E-state index contributed by atoms with van der Waals surface area (Å²) in [5.41, 5.74) is 2.53. The smallest absolute Gasteiger partial charge is 0.408 e. The zero-order chi connectivity index (χ0) is 21.9. The number of carbonyl (C=O) groups excluding carboxylic acids is 2. The first-order valence-corrected chi connectivity index (χ1v) is 10.1. The van der Waals surface area contributed by atoms with Crippen molar-refractivity contribution in [1.82, 2.24) is 10.6 Å². The maximum absolute atomic E-state index is 13.0. The zero-order valence-electron chi connectivity index (χ0n) is 17.1. The Hall–Kier alpha value is -3.64. The fourth-order valence-corrected chi connectivity index (χ4v) is 3.16. The van der Waals surface area contributed by atoms with Gasteiger partial charge in [0.2, 0.25) is 5.91 Å². The van der Waals surface area contributed by atoms with E-state index in [0.717, 1.165) is 16.7 Å². The average Bonchev–Trinajstić information content (AvgIpc) is 2.82. The van der Waals surface area contributed by atoms with Crippen molar-refractivity contribution in [2.24, 2.45) is 0 Å². The molecule has 3 aromatic carbocycles. The summed E-state index contributed by atoms with van der Waals surface area (Å²) in [5, 5.41) is 15.3. The number of aliphatic hydroxyl groups is 1. The predicted octanol–water partition coefficient (Wildman–Crippen LogP) is 3.37. The molecule has 0 saturated carbocycles. The Kier molecular flexibility index (Phi) is 8.20. The number of aliphatic hydroxyl groups excluding tert-OH is 1. The van der Waals surface area contributed by atoms with Crippen LogP contribution in [0.25, 0.3) is 0 Å². The van der Waals surface area contributed by atoms with Gasteiger partial charge in [-0.3, -0.25) is 4.79 Å². The van der Waals surface area contributed by atoms with Crippen LogP contribution in [0.15, 0.2) is 91.0 Å². The second-order valence-corrected chi connectivity index (χ2v) is 7.10. The van der Waals surface area contributed by atoms with Crippen LogP contribution in [0.1, 0.15) is 22.7 Å². The van der Waals surface area contributed by atoms with Crippen molar-refractivity contribution < 1.29 is 19.4 Å². The minimum Gasteiger partial charge on any atom is -0.445 e. The molecule has 3 N–H and O–H groups in total. The standard InChI is InChI=1S/C25H26N2O4/c28-17-23(21-14-8-3-9-15-21)26-24(29)22(16-19-10-4-1-5-11-19)27-25(30)31-18-20-12-6-2-7-13-20/h1-15,22-23,28H,16-18H2,(H,26,29)(H,27,30). The van der Waals surface area contributed by atoms with Crippen LogP contribution < -0.4 is 10.6 Å². The van der Waals surface area contributed by atoms with E-state index in [1.807, 2.05) is 91.0 Å². The number of hydrogen-bond acceptors (Lipinski definition) is 4. The summed E-state index contributed by atoms with van der Waals surface area (Å²) in [7, 11) is 0. The number of benzene rings is 3. The van der Waals surface area contributed by atoms with Gasteiger partial charge in [-0.1, -0.05) is 91.0 Å². The third-order valence-electron chi connectivity index (χ3n) is 4.80. The third-order valence-corrected chi connectivity index (χ3v) is 4.80. The summed E-state index contributed by atoms with van der Waals surface area (Å²) < 4.78 is 5.28. The first kappa shape index (κ1) is 22.1. The number of amides is 2. The fraction of sp³-hybridized carbons (Fsp3) is 0.200. The summed E-state index contributed by atoms with van der Waals surface area (Å²) in [4.78, 5) is 25.4. The first-order valence-electron chi connectivity index (χ1n) is 10.1. The van der Waals surface area contributed by atoms with Crippen molar-refractivity contribution in [1.29, 1.82) is 0 Å². The van der Waals surface area contributed by atoms with Gasteiger partial charge in [0.05, 0.1) is 12.6 Å². The van der Waals surface area contributed by atoms with Crippen molar-refractivity contribution in [3.63, 3.8) is 0 Å². The predicted molar refractivity (Wildman–Crippen MR) is 118 cm³/mol. The van der Waals surface area contributed by atoms with Gasteiger partial charge >= 0.3 is 6.09 Å². The van der Waals surface area contributed by atoms with Crippen molar-refractivity contribution in [2.45, 2.75) is 25.1 Å². The number of carbonyl (C=O) groups is 2. The largest absolute Gasteiger partial charge is 0.445 e. The Morgan fingerprint density at radius 3 is 1.90 bits per heavy atom. The van der Waals surface area contributed by atoms with E-state index < -0.39 is 24.1 Å². The van der Waals surface area contributed by atoms with E-state index in [1.54, 1.807) is 0 Å². The lowest BCUT2D eigenvalue weighted by Crippen LogP contribution is -2.49. The topological polar surface area (TPSA) is 87.7 Å².